The fourth-order valence-corrected chi connectivity index (χ4v) is 2.67. The average molecular weight is 348 g/mol. The van der Waals surface area contributed by atoms with E-state index in [9.17, 15) is 8.42 Å². The molecule has 132 valence electrons. The van der Waals surface area contributed by atoms with Crippen LogP contribution in [0.15, 0.2) is 48.5 Å². The van der Waals surface area contributed by atoms with Gasteiger partial charge in [-0.15, -0.1) is 0 Å². The predicted octanol–water partition coefficient (Wildman–Crippen LogP) is 5.30. The number of anilines is 1. The van der Waals surface area contributed by atoms with Gasteiger partial charge in [0.25, 0.3) is 0 Å². The topological polar surface area (TPSA) is 46.2 Å². The molecule has 0 spiro atoms. The van der Waals surface area contributed by atoms with Crippen LogP contribution < -0.4 is 4.72 Å². The molecule has 2 aromatic rings. The maximum atomic E-state index is 10.9. The standard InChI is InChI=1S/C10H15NO2S.C10H14/c1-8(2)9-4-6-10(7-5-9)11-14(3,12)13;1-8(2)10-6-4-9(3)5-7-10/h4-8,11H,1-3H3;4-8H,1-3H3. The van der Waals surface area contributed by atoms with E-state index >= 15 is 0 Å². The summed E-state index contributed by atoms with van der Waals surface area (Å²) < 4.78 is 24.2. The minimum atomic E-state index is -3.16. The van der Waals surface area contributed by atoms with Crippen LogP contribution in [0, 0.1) is 6.92 Å². The molecule has 0 amide bonds. The van der Waals surface area contributed by atoms with Crippen molar-refractivity contribution in [3.8, 4) is 0 Å². The number of nitrogens with one attached hydrogen (secondary N) is 1. The molecule has 0 heterocycles. The Morgan fingerprint density at radius 3 is 1.46 bits per heavy atom. The molecule has 0 aliphatic carbocycles. The second kappa shape index (κ2) is 8.88. The van der Waals surface area contributed by atoms with Gasteiger partial charge in [-0.25, -0.2) is 8.42 Å². The molecule has 0 aromatic heterocycles. The maximum absolute atomic E-state index is 10.9. The molecule has 3 nitrogen and oxygen atoms in total. The average Bonchev–Trinajstić information content (AvgIpc) is 2.47. The largest absolute Gasteiger partial charge is 0.284 e. The quantitative estimate of drug-likeness (QED) is 0.815. The van der Waals surface area contributed by atoms with E-state index in [1.165, 1.54) is 16.7 Å². The summed E-state index contributed by atoms with van der Waals surface area (Å²) in [4.78, 5) is 0. The molecule has 0 bridgehead atoms. The summed E-state index contributed by atoms with van der Waals surface area (Å²) in [5, 5.41) is 0. The van der Waals surface area contributed by atoms with E-state index in [1.807, 2.05) is 12.1 Å². The molecular weight excluding hydrogens is 318 g/mol. The van der Waals surface area contributed by atoms with E-state index in [1.54, 1.807) is 12.1 Å². The third-order valence-electron chi connectivity index (χ3n) is 3.62. The number of sulfonamides is 1. The first-order valence-electron chi connectivity index (χ1n) is 8.23. The zero-order valence-corrected chi connectivity index (χ0v) is 16.3. The van der Waals surface area contributed by atoms with Gasteiger partial charge >= 0.3 is 0 Å². The molecule has 24 heavy (non-hydrogen) atoms. The number of hydrogen-bond acceptors (Lipinski definition) is 2. The van der Waals surface area contributed by atoms with Crippen LogP contribution in [-0.2, 0) is 10.0 Å². The predicted molar refractivity (Wildman–Crippen MR) is 104 cm³/mol. The molecule has 0 saturated carbocycles. The van der Waals surface area contributed by atoms with E-state index in [0.717, 1.165) is 6.26 Å². The third-order valence-corrected chi connectivity index (χ3v) is 4.23. The second-order valence-electron chi connectivity index (χ2n) is 6.72. The highest BCUT2D eigenvalue weighted by Crippen LogP contribution is 2.17. The van der Waals surface area contributed by atoms with Gasteiger partial charge in [-0.2, -0.15) is 0 Å². The van der Waals surface area contributed by atoms with Gasteiger partial charge in [0.1, 0.15) is 0 Å². The Kier molecular flexibility index (Phi) is 7.49. The molecule has 0 unspecified atom stereocenters. The normalized spacial score (nSPS) is 11.2. The smallest absolute Gasteiger partial charge is 0.229 e. The molecule has 0 fully saturated rings. The maximum Gasteiger partial charge on any atom is 0.229 e. The van der Waals surface area contributed by atoms with Crippen molar-refractivity contribution < 1.29 is 8.42 Å². The summed E-state index contributed by atoms with van der Waals surface area (Å²) in [5.41, 5.74) is 4.57. The van der Waals surface area contributed by atoms with Crippen LogP contribution in [-0.4, -0.2) is 14.7 Å². The van der Waals surface area contributed by atoms with Gasteiger partial charge in [0, 0.05) is 5.69 Å². The lowest BCUT2D eigenvalue weighted by atomic mass is 10.0. The molecule has 0 radical (unpaired) electrons. The number of rotatable bonds is 4. The van der Waals surface area contributed by atoms with Crippen molar-refractivity contribution in [2.75, 3.05) is 11.0 Å². The molecular formula is C20H29NO2S. The van der Waals surface area contributed by atoms with Gasteiger partial charge in [-0.3, -0.25) is 4.72 Å². The number of aryl methyl sites for hydroxylation is 1. The first-order chi connectivity index (χ1) is 11.1. The lowest BCUT2D eigenvalue weighted by Crippen LogP contribution is -2.09. The Morgan fingerprint density at radius 2 is 1.12 bits per heavy atom. The number of benzene rings is 2. The molecule has 0 atom stereocenters. The van der Waals surface area contributed by atoms with E-state index in [0.29, 0.717) is 17.5 Å². The van der Waals surface area contributed by atoms with Gasteiger partial charge in [0.05, 0.1) is 6.26 Å². The van der Waals surface area contributed by atoms with E-state index in [2.05, 4.69) is 63.6 Å². The van der Waals surface area contributed by atoms with Crippen LogP contribution in [0.1, 0.15) is 56.2 Å². The first kappa shape index (κ1) is 20.2. The second-order valence-corrected chi connectivity index (χ2v) is 8.46. The Balaban J connectivity index is 0.000000254. The Hall–Kier alpha value is -1.81. The highest BCUT2D eigenvalue weighted by molar-refractivity contribution is 7.92. The number of hydrogen-bond donors (Lipinski definition) is 1. The molecule has 2 rings (SSSR count). The van der Waals surface area contributed by atoms with Crippen molar-refractivity contribution in [3.63, 3.8) is 0 Å². The van der Waals surface area contributed by atoms with Crippen molar-refractivity contribution in [3.05, 3.63) is 65.2 Å². The molecule has 0 saturated heterocycles. The van der Waals surface area contributed by atoms with Crippen LogP contribution in [0.5, 0.6) is 0 Å². The molecule has 2 aromatic carbocycles. The van der Waals surface area contributed by atoms with Gasteiger partial charge in [0.15, 0.2) is 0 Å². The minimum absolute atomic E-state index is 0.460. The third kappa shape index (κ3) is 7.64. The van der Waals surface area contributed by atoms with Crippen molar-refractivity contribution in [1.82, 2.24) is 0 Å². The summed E-state index contributed by atoms with van der Waals surface area (Å²) in [7, 11) is -3.16. The van der Waals surface area contributed by atoms with Crippen LogP contribution in [0.4, 0.5) is 5.69 Å². The Morgan fingerprint density at radius 1 is 0.750 bits per heavy atom. The zero-order valence-electron chi connectivity index (χ0n) is 15.5. The highest BCUT2D eigenvalue weighted by Gasteiger charge is 2.02. The molecule has 4 heteroatoms. The van der Waals surface area contributed by atoms with Crippen molar-refractivity contribution in [2.45, 2.75) is 46.5 Å². The monoisotopic (exact) mass is 347 g/mol. The van der Waals surface area contributed by atoms with E-state index < -0.39 is 10.0 Å². The van der Waals surface area contributed by atoms with Gasteiger partial charge in [0.2, 0.25) is 10.0 Å². The SMILES string of the molecule is CC(C)c1ccc(NS(C)(=O)=O)cc1.Cc1ccc(C(C)C)cc1. The summed E-state index contributed by atoms with van der Waals surface area (Å²) in [6, 6.07) is 16.1. The Bertz CT molecular complexity index is 715. The molecule has 0 aliphatic heterocycles. The first-order valence-corrected chi connectivity index (χ1v) is 10.1. The minimum Gasteiger partial charge on any atom is -0.284 e. The summed E-state index contributed by atoms with van der Waals surface area (Å²) >= 11 is 0. The van der Waals surface area contributed by atoms with Crippen LogP contribution in [0.25, 0.3) is 0 Å². The van der Waals surface area contributed by atoms with Gasteiger partial charge < -0.3 is 0 Å². The summed E-state index contributed by atoms with van der Waals surface area (Å²) in [5.74, 6) is 1.11. The summed E-state index contributed by atoms with van der Waals surface area (Å²) in [6.07, 6.45) is 1.14. The van der Waals surface area contributed by atoms with Crippen molar-refractivity contribution >= 4 is 15.7 Å². The zero-order chi connectivity index (χ0) is 18.3. The van der Waals surface area contributed by atoms with Crippen molar-refractivity contribution in [1.29, 1.82) is 0 Å². The lowest BCUT2D eigenvalue weighted by molar-refractivity contribution is 0.607. The fourth-order valence-electron chi connectivity index (χ4n) is 2.10. The highest BCUT2D eigenvalue weighted by atomic mass is 32.2. The summed E-state index contributed by atoms with van der Waals surface area (Å²) in [6.45, 7) is 10.7. The van der Waals surface area contributed by atoms with E-state index in [-0.39, 0.29) is 0 Å². The Labute approximate surface area is 147 Å². The van der Waals surface area contributed by atoms with Gasteiger partial charge in [-0.1, -0.05) is 69.7 Å². The molecule has 1 N–H and O–H groups in total. The molecule has 0 aliphatic rings. The van der Waals surface area contributed by atoms with Gasteiger partial charge in [-0.05, 0) is 42.0 Å². The lowest BCUT2D eigenvalue weighted by Gasteiger charge is -2.07. The fraction of sp³-hybridized carbons (Fsp3) is 0.400. The van der Waals surface area contributed by atoms with Crippen LogP contribution >= 0.6 is 0 Å². The van der Waals surface area contributed by atoms with E-state index in [4.69, 9.17) is 0 Å². The van der Waals surface area contributed by atoms with Crippen LogP contribution in [0.2, 0.25) is 0 Å². The van der Waals surface area contributed by atoms with Crippen molar-refractivity contribution in [2.24, 2.45) is 0 Å². The van der Waals surface area contributed by atoms with Crippen LogP contribution in [0.3, 0.4) is 0 Å².